The maximum atomic E-state index is 12.2. The Balaban J connectivity index is 1.71. The molecule has 1 amide bonds. The highest BCUT2D eigenvalue weighted by atomic mass is 16.3. The van der Waals surface area contributed by atoms with Crippen molar-refractivity contribution in [2.45, 2.75) is 37.8 Å². The molecule has 1 saturated carbocycles. The number of nitrogens with one attached hydrogen (secondary N) is 1. The first-order valence-corrected chi connectivity index (χ1v) is 7.04. The first-order chi connectivity index (χ1) is 9.61. The van der Waals surface area contributed by atoms with Crippen molar-refractivity contribution in [3.8, 4) is 0 Å². The van der Waals surface area contributed by atoms with Crippen LogP contribution in [0.4, 0.5) is 0 Å². The second kappa shape index (κ2) is 5.25. The van der Waals surface area contributed by atoms with Gasteiger partial charge in [0.2, 0.25) is 0 Å². The number of aliphatic hydroxyl groups excluding tert-OH is 1. The topological polar surface area (TPSA) is 67.2 Å². The quantitative estimate of drug-likeness (QED) is 0.873. The lowest BCUT2D eigenvalue weighted by Crippen LogP contribution is -2.38. The van der Waals surface area contributed by atoms with E-state index in [1.807, 2.05) is 31.4 Å². The SMILES string of the molecule is Cn1cc2ccc(C(=O)NC3CCC(O)CC3)cc2n1. The van der Waals surface area contributed by atoms with Crippen LogP contribution in [-0.2, 0) is 7.05 Å². The van der Waals surface area contributed by atoms with Crippen LogP contribution in [0.1, 0.15) is 36.0 Å². The molecule has 20 heavy (non-hydrogen) atoms. The van der Waals surface area contributed by atoms with E-state index in [4.69, 9.17) is 0 Å². The van der Waals surface area contributed by atoms with Crippen LogP contribution in [0.25, 0.3) is 10.9 Å². The summed E-state index contributed by atoms with van der Waals surface area (Å²) in [6, 6.07) is 5.74. The van der Waals surface area contributed by atoms with Gasteiger partial charge < -0.3 is 10.4 Å². The zero-order valence-corrected chi connectivity index (χ0v) is 11.5. The smallest absolute Gasteiger partial charge is 0.251 e. The zero-order valence-electron chi connectivity index (χ0n) is 11.5. The molecule has 1 aromatic heterocycles. The largest absolute Gasteiger partial charge is 0.393 e. The van der Waals surface area contributed by atoms with Crippen molar-refractivity contribution in [1.29, 1.82) is 0 Å². The number of nitrogens with zero attached hydrogens (tertiary/aromatic N) is 2. The van der Waals surface area contributed by atoms with E-state index in [0.717, 1.165) is 36.6 Å². The van der Waals surface area contributed by atoms with Gasteiger partial charge in [-0.05, 0) is 37.8 Å². The van der Waals surface area contributed by atoms with Gasteiger partial charge in [0, 0.05) is 30.2 Å². The lowest BCUT2D eigenvalue weighted by molar-refractivity contribution is 0.0868. The van der Waals surface area contributed by atoms with Crippen LogP contribution in [0.2, 0.25) is 0 Å². The number of amides is 1. The molecular weight excluding hydrogens is 254 g/mol. The summed E-state index contributed by atoms with van der Waals surface area (Å²) in [5, 5.41) is 17.9. The second-order valence-corrected chi connectivity index (χ2v) is 5.56. The lowest BCUT2D eigenvalue weighted by atomic mass is 9.93. The molecule has 1 aromatic carbocycles. The molecule has 2 N–H and O–H groups in total. The molecule has 1 heterocycles. The van der Waals surface area contributed by atoms with Gasteiger partial charge in [0.25, 0.3) is 5.91 Å². The highest BCUT2D eigenvalue weighted by Crippen LogP contribution is 2.19. The normalized spacial score (nSPS) is 22.9. The monoisotopic (exact) mass is 273 g/mol. The fourth-order valence-electron chi connectivity index (χ4n) is 2.77. The molecule has 1 aliphatic rings. The van der Waals surface area contributed by atoms with Crippen molar-refractivity contribution < 1.29 is 9.90 Å². The van der Waals surface area contributed by atoms with Crippen molar-refractivity contribution in [3.05, 3.63) is 30.0 Å². The number of aliphatic hydroxyl groups is 1. The van der Waals surface area contributed by atoms with Crippen LogP contribution < -0.4 is 5.32 Å². The van der Waals surface area contributed by atoms with Crippen molar-refractivity contribution in [2.75, 3.05) is 0 Å². The van der Waals surface area contributed by atoms with Gasteiger partial charge in [-0.25, -0.2) is 0 Å². The summed E-state index contributed by atoms with van der Waals surface area (Å²) in [7, 11) is 1.87. The number of fused-ring (bicyclic) bond motifs is 1. The molecule has 0 atom stereocenters. The van der Waals surface area contributed by atoms with Crippen LogP contribution in [-0.4, -0.2) is 32.9 Å². The summed E-state index contributed by atoms with van der Waals surface area (Å²) in [4.78, 5) is 12.2. The Morgan fingerprint density at radius 1 is 1.35 bits per heavy atom. The number of aromatic nitrogens is 2. The number of aryl methyl sites for hydroxylation is 1. The molecule has 5 heteroatoms. The fraction of sp³-hybridized carbons (Fsp3) is 0.467. The summed E-state index contributed by atoms with van der Waals surface area (Å²) in [6.45, 7) is 0. The predicted octanol–water partition coefficient (Wildman–Crippen LogP) is 1.61. The van der Waals surface area contributed by atoms with E-state index in [2.05, 4.69) is 10.4 Å². The molecule has 3 rings (SSSR count). The molecule has 0 aliphatic heterocycles. The third-order valence-electron chi connectivity index (χ3n) is 3.92. The Labute approximate surface area is 117 Å². The maximum Gasteiger partial charge on any atom is 0.251 e. The number of hydrogen-bond donors (Lipinski definition) is 2. The molecule has 0 saturated heterocycles. The summed E-state index contributed by atoms with van der Waals surface area (Å²) >= 11 is 0. The van der Waals surface area contributed by atoms with Gasteiger partial charge in [0.1, 0.15) is 0 Å². The van der Waals surface area contributed by atoms with Gasteiger partial charge in [0.05, 0.1) is 11.6 Å². The van der Waals surface area contributed by atoms with Gasteiger partial charge in [-0.2, -0.15) is 5.10 Å². The highest BCUT2D eigenvalue weighted by Gasteiger charge is 2.21. The van der Waals surface area contributed by atoms with Crippen LogP contribution in [0, 0.1) is 0 Å². The van der Waals surface area contributed by atoms with Gasteiger partial charge >= 0.3 is 0 Å². The number of carbonyl (C=O) groups excluding carboxylic acids is 1. The van der Waals surface area contributed by atoms with Crippen LogP contribution in [0.3, 0.4) is 0 Å². The van der Waals surface area contributed by atoms with Crippen LogP contribution in [0.5, 0.6) is 0 Å². The van der Waals surface area contributed by atoms with Gasteiger partial charge in [-0.15, -0.1) is 0 Å². The van der Waals surface area contributed by atoms with Gasteiger partial charge in [-0.3, -0.25) is 9.48 Å². The molecule has 1 aliphatic carbocycles. The van der Waals surface area contributed by atoms with E-state index >= 15 is 0 Å². The summed E-state index contributed by atoms with van der Waals surface area (Å²) in [6.07, 6.45) is 4.96. The van der Waals surface area contributed by atoms with E-state index in [1.54, 1.807) is 4.68 Å². The minimum Gasteiger partial charge on any atom is -0.393 e. The van der Waals surface area contributed by atoms with E-state index in [0.29, 0.717) is 5.56 Å². The molecule has 0 unspecified atom stereocenters. The Bertz CT molecular complexity index is 627. The van der Waals surface area contributed by atoms with Crippen molar-refractivity contribution in [2.24, 2.45) is 7.05 Å². The van der Waals surface area contributed by atoms with Crippen LogP contribution >= 0.6 is 0 Å². The van der Waals surface area contributed by atoms with Crippen molar-refractivity contribution in [1.82, 2.24) is 15.1 Å². The minimum absolute atomic E-state index is 0.0565. The summed E-state index contributed by atoms with van der Waals surface area (Å²) < 4.78 is 1.74. The zero-order chi connectivity index (χ0) is 14.1. The molecule has 5 nitrogen and oxygen atoms in total. The minimum atomic E-state index is -0.201. The number of hydrogen-bond acceptors (Lipinski definition) is 3. The molecule has 0 radical (unpaired) electrons. The predicted molar refractivity (Wildman–Crippen MR) is 76.4 cm³/mol. The summed E-state index contributed by atoms with van der Waals surface area (Å²) in [5.74, 6) is -0.0565. The van der Waals surface area contributed by atoms with E-state index in [9.17, 15) is 9.90 Å². The maximum absolute atomic E-state index is 12.2. The van der Waals surface area contributed by atoms with Crippen molar-refractivity contribution in [3.63, 3.8) is 0 Å². The first kappa shape index (κ1) is 13.1. The molecule has 0 spiro atoms. The van der Waals surface area contributed by atoms with E-state index < -0.39 is 0 Å². The molecular formula is C15H19N3O2. The van der Waals surface area contributed by atoms with Gasteiger partial charge in [0.15, 0.2) is 0 Å². The van der Waals surface area contributed by atoms with Crippen LogP contribution in [0.15, 0.2) is 24.4 Å². The number of benzene rings is 1. The molecule has 0 bridgehead atoms. The van der Waals surface area contributed by atoms with E-state index in [1.165, 1.54) is 0 Å². The van der Waals surface area contributed by atoms with Gasteiger partial charge in [-0.1, -0.05) is 6.07 Å². The lowest BCUT2D eigenvalue weighted by Gasteiger charge is -2.26. The summed E-state index contributed by atoms with van der Waals surface area (Å²) in [5.41, 5.74) is 1.47. The third-order valence-corrected chi connectivity index (χ3v) is 3.92. The van der Waals surface area contributed by atoms with E-state index in [-0.39, 0.29) is 18.1 Å². The van der Waals surface area contributed by atoms with Crippen molar-refractivity contribution >= 4 is 16.8 Å². The second-order valence-electron chi connectivity index (χ2n) is 5.56. The average molecular weight is 273 g/mol. The standard InChI is InChI=1S/C15H19N3O2/c1-18-9-11-3-2-10(8-14(11)17-18)15(20)16-12-4-6-13(19)7-5-12/h2-3,8-9,12-13,19H,4-7H2,1H3,(H,16,20). The molecule has 2 aromatic rings. The Kier molecular flexibility index (Phi) is 3.44. The fourth-order valence-corrected chi connectivity index (χ4v) is 2.77. The Hall–Kier alpha value is -1.88. The highest BCUT2D eigenvalue weighted by molar-refractivity contribution is 5.97. The Morgan fingerprint density at radius 3 is 2.85 bits per heavy atom. The number of rotatable bonds is 2. The average Bonchev–Trinajstić information content (AvgIpc) is 2.80. The molecule has 106 valence electrons. The number of carbonyl (C=O) groups is 1. The first-order valence-electron chi connectivity index (χ1n) is 7.04. The Morgan fingerprint density at radius 2 is 2.10 bits per heavy atom. The third kappa shape index (κ3) is 2.67. The molecule has 1 fully saturated rings.